The van der Waals surface area contributed by atoms with Crippen molar-refractivity contribution in [2.24, 2.45) is 5.92 Å². The third-order valence-electron chi connectivity index (χ3n) is 3.47. The van der Waals surface area contributed by atoms with Crippen molar-refractivity contribution in [3.63, 3.8) is 0 Å². The summed E-state index contributed by atoms with van der Waals surface area (Å²) in [7, 11) is 0. The molecule has 0 spiro atoms. The molecule has 0 fully saturated rings. The Morgan fingerprint density at radius 3 is 2.35 bits per heavy atom. The van der Waals surface area contributed by atoms with Crippen molar-refractivity contribution in [1.29, 1.82) is 0 Å². The van der Waals surface area contributed by atoms with Gasteiger partial charge in [0.2, 0.25) is 0 Å². The molecule has 2 nitrogen and oxygen atoms in total. The molecule has 1 atom stereocenters. The van der Waals surface area contributed by atoms with E-state index in [1.54, 1.807) is 12.1 Å². The molecule has 2 aromatic carbocycles. The fourth-order valence-corrected chi connectivity index (χ4v) is 2.26. The molecule has 0 radical (unpaired) electrons. The number of carbonyl (C=O) groups is 1. The monoisotopic (exact) mass is 272 g/mol. The maximum absolute atomic E-state index is 12.9. The van der Waals surface area contributed by atoms with Crippen molar-refractivity contribution in [3.05, 3.63) is 71.0 Å². The summed E-state index contributed by atoms with van der Waals surface area (Å²) in [6, 6.07) is 13.8. The van der Waals surface area contributed by atoms with Crippen molar-refractivity contribution >= 4 is 5.97 Å². The molecule has 0 heterocycles. The first kappa shape index (κ1) is 14.3. The van der Waals surface area contributed by atoms with E-state index in [0.717, 1.165) is 16.7 Å². The van der Waals surface area contributed by atoms with Crippen LogP contribution >= 0.6 is 0 Å². The largest absolute Gasteiger partial charge is 0.481 e. The van der Waals surface area contributed by atoms with Crippen LogP contribution in [0.2, 0.25) is 0 Å². The molecule has 0 aliphatic heterocycles. The van der Waals surface area contributed by atoms with E-state index in [4.69, 9.17) is 0 Å². The minimum atomic E-state index is -0.822. The first-order valence-electron chi connectivity index (χ1n) is 6.58. The maximum atomic E-state index is 12.9. The highest BCUT2D eigenvalue weighted by Crippen LogP contribution is 2.18. The lowest BCUT2D eigenvalue weighted by Gasteiger charge is -2.14. The van der Waals surface area contributed by atoms with Crippen LogP contribution in [0.5, 0.6) is 0 Å². The molecule has 104 valence electrons. The number of carboxylic acid groups (broad SMARTS) is 1. The van der Waals surface area contributed by atoms with E-state index >= 15 is 0 Å². The number of halogens is 1. The van der Waals surface area contributed by atoms with Crippen LogP contribution in [-0.2, 0) is 17.6 Å². The average molecular weight is 272 g/mol. The summed E-state index contributed by atoms with van der Waals surface area (Å²) in [6.45, 7) is 1.98. The topological polar surface area (TPSA) is 37.3 Å². The van der Waals surface area contributed by atoms with Gasteiger partial charge in [-0.25, -0.2) is 4.39 Å². The van der Waals surface area contributed by atoms with E-state index < -0.39 is 11.9 Å². The highest BCUT2D eigenvalue weighted by Gasteiger charge is 2.19. The van der Waals surface area contributed by atoms with Crippen LogP contribution < -0.4 is 0 Å². The van der Waals surface area contributed by atoms with Crippen LogP contribution in [0.1, 0.15) is 16.7 Å². The molecule has 0 saturated carbocycles. The van der Waals surface area contributed by atoms with E-state index in [1.807, 2.05) is 31.2 Å². The van der Waals surface area contributed by atoms with Crippen LogP contribution in [0.25, 0.3) is 0 Å². The molecule has 20 heavy (non-hydrogen) atoms. The van der Waals surface area contributed by atoms with Gasteiger partial charge in [-0.1, -0.05) is 36.4 Å². The highest BCUT2D eigenvalue weighted by atomic mass is 19.1. The zero-order chi connectivity index (χ0) is 14.5. The third-order valence-corrected chi connectivity index (χ3v) is 3.47. The standard InChI is InChI=1S/C17H17FO2/c1-12-4-2-3-5-14(12)11-15(17(19)20)10-13-6-8-16(18)9-7-13/h2-9,15H,10-11H2,1H3,(H,19,20). The molecule has 0 aliphatic rings. The van der Waals surface area contributed by atoms with Gasteiger partial charge in [0.15, 0.2) is 0 Å². The van der Waals surface area contributed by atoms with E-state index in [2.05, 4.69) is 0 Å². The summed E-state index contributed by atoms with van der Waals surface area (Å²) < 4.78 is 12.9. The normalized spacial score (nSPS) is 12.1. The number of aliphatic carboxylic acids is 1. The van der Waals surface area contributed by atoms with Gasteiger partial charge < -0.3 is 5.11 Å². The zero-order valence-electron chi connectivity index (χ0n) is 11.3. The summed E-state index contributed by atoms with van der Waals surface area (Å²) in [5.74, 6) is -1.63. The molecular weight excluding hydrogens is 255 g/mol. The van der Waals surface area contributed by atoms with E-state index in [1.165, 1.54) is 12.1 Å². The predicted molar refractivity (Wildman–Crippen MR) is 76.1 cm³/mol. The Morgan fingerprint density at radius 2 is 1.75 bits per heavy atom. The fraction of sp³-hybridized carbons (Fsp3) is 0.235. The number of carboxylic acids is 1. The predicted octanol–water partition coefficient (Wildman–Crippen LogP) is 3.62. The van der Waals surface area contributed by atoms with Gasteiger partial charge in [-0.3, -0.25) is 4.79 Å². The van der Waals surface area contributed by atoms with Crippen molar-refractivity contribution in [1.82, 2.24) is 0 Å². The number of rotatable bonds is 5. The van der Waals surface area contributed by atoms with Crippen LogP contribution in [0.3, 0.4) is 0 Å². The first-order chi connectivity index (χ1) is 9.56. The summed E-state index contributed by atoms with van der Waals surface area (Å²) in [5.41, 5.74) is 2.98. The van der Waals surface area contributed by atoms with E-state index in [0.29, 0.717) is 12.8 Å². The van der Waals surface area contributed by atoms with Crippen LogP contribution in [0.4, 0.5) is 4.39 Å². The Bertz CT molecular complexity index is 590. The van der Waals surface area contributed by atoms with Crippen molar-refractivity contribution < 1.29 is 14.3 Å². The Morgan fingerprint density at radius 1 is 1.10 bits per heavy atom. The summed E-state index contributed by atoms with van der Waals surface area (Å²) in [6.07, 6.45) is 0.892. The van der Waals surface area contributed by atoms with Gasteiger partial charge in [0, 0.05) is 0 Å². The maximum Gasteiger partial charge on any atom is 0.307 e. The Kier molecular flexibility index (Phi) is 4.51. The smallest absolute Gasteiger partial charge is 0.307 e. The summed E-state index contributed by atoms with van der Waals surface area (Å²) >= 11 is 0. The van der Waals surface area contributed by atoms with Crippen molar-refractivity contribution in [2.45, 2.75) is 19.8 Å². The SMILES string of the molecule is Cc1ccccc1CC(Cc1ccc(F)cc1)C(=O)O. The summed E-state index contributed by atoms with van der Waals surface area (Å²) in [4.78, 5) is 11.4. The molecular formula is C17H17FO2. The van der Waals surface area contributed by atoms with E-state index in [9.17, 15) is 14.3 Å². The fourth-order valence-electron chi connectivity index (χ4n) is 2.26. The molecule has 0 amide bonds. The number of hydrogen-bond donors (Lipinski definition) is 1. The second kappa shape index (κ2) is 6.33. The Labute approximate surface area is 117 Å². The molecule has 1 unspecified atom stereocenters. The first-order valence-corrected chi connectivity index (χ1v) is 6.58. The van der Waals surface area contributed by atoms with Gasteiger partial charge in [-0.2, -0.15) is 0 Å². The van der Waals surface area contributed by atoms with Crippen LogP contribution in [-0.4, -0.2) is 11.1 Å². The average Bonchev–Trinajstić information content (AvgIpc) is 2.42. The van der Waals surface area contributed by atoms with Gasteiger partial charge >= 0.3 is 5.97 Å². The van der Waals surface area contributed by atoms with Gasteiger partial charge in [-0.15, -0.1) is 0 Å². The Hall–Kier alpha value is -2.16. The lowest BCUT2D eigenvalue weighted by atomic mass is 9.91. The number of hydrogen-bond acceptors (Lipinski definition) is 1. The Balaban J connectivity index is 2.14. The zero-order valence-corrected chi connectivity index (χ0v) is 11.3. The molecule has 0 aliphatic carbocycles. The number of aryl methyl sites for hydroxylation is 1. The van der Waals surface area contributed by atoms with Crippen molar-refractivity contribution in [3.8, 4) is 0 Å². The third kappa shape index (κ3) is 3.67. The lowest BCUT2D eigenvalue weighted by molar-refractivity contribution is -0.141. The van der Waals surface area contributed by atoms with Crippen LogP contribution in [0.15, 0.2) is 48.5 Å². The number of benzene rings is 2. The van der Waals surface area contributed by atoms with E-state index in [-0.39, 0.29) is 5.82 Å². The molecule has 2 rings (SSSR count). The minimum absolute atomic E-state index is 0.306. The van der Waals surface area contributed by atoms with Gasteiger partial charge in [0.25, 0.3) is 0 Å². The highest BCUT2D eigenvalue weighted by molar-refractivity contribution is 5.71. The molecule has 0 saturated heterocycles. The quantitative estimate of drug-likeness (QED) is 0.902. The second-order valence-electron chi connectivity index (χ2n) is 5.00. The van der Waals surface area contributed by atoms with Gasteiger partial charge in [0.1, 0.15) is 5.82 Å². The van der Waals surface area contributed by atoms with Gasteiger partial charge in [-0.05, 0) is 48.6 Å². The van der Waals surface area contributed by atoms with Crippen LogP contribution in [0, 0.1) is 18.7 Å². The molecule has 3 heteroatoms. The molecule has 0 bridgehead atoms. The van der Waals surface area contributed by atoms with Gasteiger partial charge in [0.05, 0.1) is 5.92 Å². The lowest BCUT2D eigenvalue weighted by Crippen LogP contribution is -2.19. The van der Waals surface area contributed by atoms with Crippen molar-refractivity contribution in [2.75, 3.05) is 0 Å². The molecule has 0 aromatic heterocycles. The minimum Gasteiger partial charge on any atom is -0.481 e. The molecule has 1 N–H and O–H groups in total. The summed E-state index contributed by atoms with van der Waals surface area (Å²) in [5, 5.41) is 9.37. The second-order valence-corrected chi connectivity index (χ2v) is 5.00. The molecule has 2 aromatic rings.